The first kappa shape index (κ1) is 24.5. The predicted molar refractivity (Wildman–Crippen MR) is 129 cm³/mol. The molecule has 0 spiro atoms. The number of amides is 1. The molecule has 1 atom stereocenters. The lowest BCUT2D eigenvalue weighted by molar-refractivity contribution is -0.124. The molecule has 3 N–H and O–H groups in total. The molecule has 1 aromatic carbocycles. The zero-order valence-corrected chi connectivity index (χ0v) is 19.8. The molecule has 2 fully saturated rings. The maximum absolute atomic E-state index is 12.3. The average molecular weight is 445 g/mol. The van der Waals surface area contributed by atoms with Gasteiger partial charge >= 0.3 is 0 Å². The molecule has 1 saturated heterocycles. The molecule has 1 unspecified atom stereocenters. The molecule has 0 bridgehead atoms. The van der Waals surface area contributed by atoms with Crippen LogP contribution in [0.4, 0.5) is 5.69 Å². The number of hydrogen-bond donors (Lipinski definition) is 3. The summed E-state index contributed by atoms with van der Waals surface area (Å²) in [6.07, 6.45) is 7.60. The second-order valence-corrected chi connectivity index (χ2v) is 8.89. The van der Waals surface area contributed by atoms with E-state index in [2.05, 4.69) is 29.8 Å². The minimum Gasteiger partial charge on any atom is -0.382 e. The lowest BCUT2D eigenvalue weighted by Crippen LogP contribution is -2.43. The van der Waals surface area contributed by atoms with E-state index in [9.17, 15) is 4.79 Å². The molecule has 0 aromatic heterocycles. The van der Waals surface area contributed by atoms with E-state index < -0.39 is 0 Å². The summed E-state index contributed by atoms with van der Waals surface area (Å²) in [7, 11) is 0. The van der Waals surface area contributed by atoms with Crippen LogP contribution in [0.15, 0.2) is 29.3 Å². The number of anilines is 1. The standard InChI is InChI=1S/C25H40N4O3/c1-3-26-24(28-19-25(12-5-6-13-25)14-16-31-4-2)27-18-20-9-7-10-21(17-20)29-23(30)22-11-8-15-32-22/h7,9-10,17,22H,3-6,8,11-16,18-19H2,1-2H3,(H,29,30)(H2,26,27,28). The van der Waals surface area contributed by atoms with Crippen LogP contribution in [-0.2, 0) is 20.8 Å². The number of carbonyl (C=O) groups excluding carboxylic acids is 1. The molecule has 7 nitrogen and oxygen atoms in total. The van der Waals surface area contributed by atoms with Gasteiger partial charge in [0.1, 0.15) is 6.10 Å². The molecule has 1 aromatic rings. The highest BCUT2D eigenvalue weighted by molar-refractivity contribution is 5.94. The molecule has 32 heavy (non-hydrogen) atoms. The maximum Gasteiger partial charge on any atom is 0.253 e. The van der Waals surface area contributed by atoms with Crippen molar-refractivity contribution in [3.8, 4) is 0 Å². The van der Waals surface area contributed by atoms with Crippen molar-refractivity contribution in [2.24, 2.45) is 10.4 Å². The molecule has 1 heterocycles. The summed E-state index contributed by atoms with van der Waals surface area (Å²) in [6.45, 7) is 8.69. The fourth-order valence-electron chi connectivity index (χ4n) is 4.61. The Balaban J connectivity index is 1.56. The Labute approximate surface area is 192 Å². The van der Waals surface area contributed by atoms with Gasteiger partial charge in [0, 0.05) is 38.6 Å². The summed E-state index contributed by atoms with van der Waals surface area (Å²) in [5.74, 6) is 0.774. The molecule has 1 amide bonds. The Morgan fingerprint density at radius 2 is 2.06 bits per heavy atom. The quantitative estimate of drug-likeness (QED) is 0.274. The smallest absolute Gasteiger partial charge is 0.253 e. The zero-order valence-electron chi connectivity index (χ0n) is 19.8. The average Bonchev–Trinajstić information content (AvgIpc) is 3.49. The predicted octanol–water partition coefficient (Wildman–Crippen LogP) is 3.85. The van der Waals surface area contributed by atoms with Crippen LogP contribution in [0.3, 0.4) is 0 Å². The largest absolute Gasteiger partial charge is 0.382 e. The van der Waals surface area contributed by atoms with Gasteiger partial charge in [-0.2, -0.15) is 0 Å². The van der Waals surface area contributed by atoms with Crippen LogP contribution in [0.2, 0.25) is 0 Å². The number of rotatable bonds is 11. The molecular formula is C25H40N4O3. The third-order valence-electron chi connectivity index (χ3n) is 6.46. The Morgan fingerprint density at radius 1 is 1.22 bits per heavy atom. The minimum atomic E-state index is -0.327. The van der Waals surface area contributed by atoms with Crippen molar-refractivity contribution in [2.45, 2.75) is 71.4 Å². The van der Waals surface area contributed by atoms with E-state index in [0.29, 0.717) is 18.6 Å². The second-order valence-electron chi connectivity index (χ2n) is 8.89. The van der Waals surface area contributed by atoms with Crippen LogP contribution in [0.25, 0.3) is 0 Å². The number of carbonyl (C=O) groups is 1. The van der Waals surface area contributed by atoms with Gasteiger partial charge in [-0.1, -0.05) is 25.0 Å². The van der Waals surface area contributed by atoms with Crippen LogP contribution >= 0.6 is 0 Å². The number of nitrogens with one attached hydrogen (secondary N) is 3. The Hall–Kier alpha value is -2.12. The van der Waals surface area contributed by atoms with E-state index in [1.165, 1.54) is 25.7 Å². The maximum atomic E-state index is 12.3. The van der Waals surface area contributed by atoms with Crippen molar-refractivity contribution in [3.63, 3.8) is 0 Å². The van der Waals surface area contributed by atoms with Gasteiger partial charge in [-0.3, -0.25) is 4.79 Å². The molecule has 1 saturated carbocycles. The van der Waals surface area contributed by atoms with Crippen molar-refractivity contribution < 1.29 is 14.3 Å². The lowest BCUT2D eigenvalue weighted by Gasteiger charge is -2.30. The molecule has 2 aliphatic rings. The second kappa shape index (κ2) is 12.8. The number of hydrogen-bond acceptors (Lipinski definition) is 4. The number of aliphatic imine (C=N–C) groups is 1. The van der Waals surface area contributed by atoms with Crippen LogP contribution in [0, 0.1) is 5.41 Å². The van der Waals surface area contributed by atoms with Gasteiger partial charge in [0.25, 0.3) is 5.91 Å². The molecule has 1 aliphatic heterocycles. The van der Waals surface area contributed by atoms with E-state index in [1.807, 2.05) is 24.3 Å². The number of nitrogens with zero attached hydrogens (tertiary/aromatic N) is 1. The molecule has 3 rings (SSSR count). The van der Waals surface area contributed by atoms with Crippen molar-refractivity contribution >= 4 is 17.6 Å². The van der Waals surface area contributed by atoms with Crippen LogP contribution in [0.1, 0.15) is 64.4 Å². The van der Waals surface area contributed by atoms with Crippen molar-refractivity contribution in [1.29, 1.82) is 0 Å². The van der Waals surface area contributed by atoms with Crippen molar-refractivity contribution in [3.05, 3.63) is 29.8 Å². The summed E-state index contributed by atoms with van der Waals surface area (Å²) < 4.78 is 11.1. The first-order valence-corrected chi connectivity index (χ1v) is 12.3. The van der Waals surface area contributed by atoms with Gasteiger partial charge in [0.05, 0.1) is 6.54 Å². The molecule has 7 heteroatoms. The number of benzene rings is 1. The summed E-state index contributed by atoms with van der Waals surface area (Å²) in [6, 6.07) is 7.89. The van der Waals surface area contributed by atoms with Gasteiger partial charge < -0.3 is 25.4 Å². The summed E-state index contributed by atoms with van der Waals surface area (Å²) >= 11 is 0. The van der Waals surface area contributed by atoms with Gasteiger partial charge in [0.15, 0.2) is 5.96 Å². The Bertz CT molecular complexity index is 740. The lowest BCUT2D eigenvalue weighted by atomic mass is 9.83. The SMILES string of the molecule is CCNC(=NCc1cccc(NC(=O)C2CCCO2)c1)NCC1(CCOCC)CCCC1. The van der Waals surface area contributed by atoms with Crippen LogP contribution < -0.4 is 16.0 Å². The summed E-state index contributed by atoms with van der Waals surface area (Å²) in [5, 5.41) is 9.92. The highest BCUT2D eigenvalue weighted by Crippen LogP contribution is 2.40. The molecule has 1 aliphatic carbocycles. The van der Waals surface area contributed by atoms with Crippen molar-refractivity contribution in [2.75, 3.05) is 38.2 Å². The first-order valence-electron chi connectivity index (χ1n) is 12.3. The third kappa shape index (κ3) is 7.48. The van der Waals surface area contributed by atoms with E-state index in [-0.39, 0.29) is 12.0 Å². The zero-order chi connectivity index (χ0) is 22.7. The van der Waals surface area contributed by atoms with Gasteiger partial charge in [-0.15, -0.1) is 0 Å². The van der Waals surface area contributed by atoms with E-state index in [4.69, 9.17) is 14.5 Å². The Morgan fingerprint density at radius 3 is 2.78 bits per heavy atom. The monoisotopic (exact) mass is 444 g/mol. The summed E-state index contributed by atoms with van der Waals surface area (Å²) in [5.41, 5.74) is 2.15. The number of ether oxygens (including phenoxy) is 2. The highest BCUT2D eigenvalue weighted by Gasteiger charge is 2.33. The minimum absolute atomic E-state index is 0.0629. The Kier molecular flexibility index (Phi) is 9.81. The van der Waals surface area contributed by atoms with Gasteiger partial charge in [0.2, 0.25) is 0 Å². The molecule has 0 radical (unpaired) electrons. The van der Waals surface area contributed by atoms with Gasteiger partial charge in [-0.25, -0.2) is 4.99 Å². The molecule has 178 valence electrons. The fraction of sp³-hybridized carbons (Fsp3) is 0.680. The first-order chi connectivity index (χ1) is 15.6. The normalized spacial score (nSPS) is 20.3. The topological polar surface area (TPSA) is 84.0 Å². The number of guanidine groups is 1. The third-order valence-corrected chi connectivity index (χ3v) is 6.46. The van der Waals surface area contributed by atoms with Crippen molar-refractivity contribution in [1.82, 2.24) is 10.6 Å². The summed E-state index contributed by atoms with van der Waals surface area (Å²) in [4.78, 5) is 17.1. The fourth-order valence-corrected chi connectivity index (χ4v) is 4.61. The highest BCUT2D eigenvalue weighted by atomic mass is 16.5. The van der Waals surface area contributed by atoms with E-state index in [1.54, 1.807) is 0 Å². The van der Waals surface area contributed by atoms with Crippen LogP contribution in [0.5, 0.6) is 0 Å². The van der Waals surface area contributed by atoms with Gasteiger partial charge in [-0.05, 0) is 69.1 Å². The van der Waals surface area contributed by atoms with E-state index >= 15 is 0 Å². The van der Waals surface area contributed by atoms with Crippen LogP contribution in [-0.4, -0.2) is 50.9 Å². The molecular weight excluding hydrogens is 404 g/mol. The van der Waals surface area contributed by atoms with E-state index in [0.717, 1.165) is 62.8 Å².